The summed E-state index contributed by atoms with van der Waals surface area (Å²) in [5.74, 6) is -0.227. The van der Waals surface area contributed by atoms with Gasteiger partial charge in [0.25, 0.3) is 11.8 Å². The van der Waals surface area contributed by atoms with E-state index >= 15 is 0 Å². The van der Waals surface area contributed by atoms with Crippen molar-refractivity contribution in [2.75, 3.05) is 19.7 Å². The van der Waals surface area contributed by atoms with E-state index in [2.05, 4.69) is 10.6 Å². The molecule has 0 unspecified atom stereocenters. The average molecular weight is 467 g/mol. The Hall–Kier alpha value is -3.84. The van der Waals surface area contributed by atoms with Gasteiger partial charge >= 0.3 is 0 Å². The first-order valence-corrected chi connectivity index (χ1v) is 10.7. The number of phenolic OH excluding ortho intramolecular Hbond substituents is 1. The molecule has 0 aliphatic rings. The summed E-state index contributed by atoms with van der Waals surface area (Å²) in [6.45, 7) is 0.579. The summed E-state index contributed by atoms with van der Waals surface area (Å²) in [5.41, 5.74) is 1.40. The Kier molecular flexibility index (Phi) is 8.43. The number of aromatic hydroxyl groups is 1. The minimum atomic E-state index is -0.296. The molecule has 0 atom stereocenters. The van der Waals surface area contributed by atoms with E-state index in [1.54, 1.807) is 60.7 Å². The average Bonchev–Trinajstić information content (AvgIpc) is 2.83. The first-order valence-electron chi connectivity index (χ1n) is 10.3. The predicted molar refractivity (Wildman–Crippen MR) is 125 cm³/mol. The quantitative estimate of drug-likeness (QED) is 0.313. The minimum Gasteiger partial charge on any atom is -0.508 e. The van der Waals surface area contributed by atoms with Crippen LogP contribution in [0.4, 0.5) is 0 Å². The predicted octanol–water partition coefficient (Wildman–Crippen LogP) is 3.59. The molecular weight excluding hydrogens is 444 g/mol. The van der Waals surface area contributed by atoms with Gasteiger partial charge in [0.1, 0.15) is 11.5 Å². The summed E-state index contributed by atoms with van der Waals surface area (Å²) in [6, 6.07) is 19.3. The van der Waals surface area contributed by atoms with Crippen molar-refractivity contribution in [2.45, 2.75) is 6.42 Å². The third-order valence-corrected chi connectivity index (χ3v) is 4.91. The Morgan fingerprint density at radius 3 is 2.12 bits per heavy atom. The number of hydrogen-bond donors (Lipinski definition) is 3. The van der Waals surface area contributed by atoms with Crippen molar-refractivity contribution >= 4 is 29.2 Å². The van der Waals surface area contributed by atoms with Crippen LogP contribution in [-0.4, -0.2) is 42.4 Å². The van der Waals surface area contributed by atoms with Gasteiger partial charge in [0, 0.05) is 34.8 Å². The van der Waals surface area contributed by atoms with Gasteiger partial charge in [-0.3, -0.25) is 14.4 Å². The van der Waals surface area contributed by atoms with Gasteiger partial charge in [-0.25, -0.2) is 0 Å². The summed E-state index contributed by atoms with van der Waals surface area (Å²) >= 11 is 5.85. The molecule has 3 rings (SSSR count). The van der Waals surface area contributed by atoms with Crippen LogP contribution in [0.15, 0.2) is 72.8 Å². The van der Waals surface area contributed by atoms with E-state index in [1.807, 2.05) is 0 Å². The van der Waals surface area contributed by atoms with Crippen molar-refractivity contribution in [3.05, 3.63) is 94.5 Å². The zero-order chi connectivity index (χ0) is 23.6. The molecular formula is C25H23ClN2O5. The van der Waals surface area contributed by atoms with Crippen LogP contribution in [0, 0.1) is 0 Å². The third kappa shape index (κ3) is 7.36. The number of carbonyl (C=O) groups is 3. The molecule has 0 saturated carbocycles. The SMILES string of the molecule is O=C(COc1ccc(C(=O)c2ccc(Cl)cc2)cc1)NCCCNC(=O)c1cccc(O)c1. The number of ether oxygens (including phenoxy) is 1. The van der Waals surface area contributed by atoms with Crippen LogP contribution in [0.25, 0.3) is 0 Å². The number of hydrogen-bond acceptors (Lipinski definition) is 5. The summed E-state index contributed by atoms with van der Waals surface area (Å²) in [4.78, 5) is 36.4. The van der Waals surface area contributed by atoms with Crippen molar-refractivity contribution in [3.63, 3.8) is 0 Å². The highest BCUT2D eigenvalue weighted by atomic mass is 35.5. The molecule has 3 aromatic carbocycles. The van der Waals surface area contributed by atoms with Crippen LogP contribution < -0.4 is 15.4 Å². The number of phenols is 1. The molecule has 0 saturated heterocycles. The molecule has 0 bridgehead atoms. The van der Waals surface area contributed by atoms with E-state index in [1.165, 1.54) is 12.1 Å². The third-order valence-electron chi connectivity index (χ3n) is 4.66. The fraction of sp³-hybridized carbons (Fsp3) is 0.160. The fourth-order valence-corrected chi connectivity index (χ4v) is 3.06. The number of ketones is 1. The Morgan fingerprint density at radius 1 is 0.818 bits per heavy atom. The zero-order valence-corrected chi connectivity index (χ0v) is 18.5. The highest BCUT2D eigenvalue weighted by Crippen LogP contribution is 2.17. The molecule has 0 radical (unpaired) electrons. The van der Waals surface area contributed by atoms with Crippen LogP contribution in [0.2, 0.25) is 5.02 Å². The van der Waals surface area contributed by atoms with E-state index in [0.717, 1.165) is 0 Å². The van der Waals surface area contributed by atoms with Gasteiger partial charge in [-0.05, 0) is 73.2 Å². The molecule has 0 aromatic heterocycles. The van der Waals surface area contributed by atoms with Crippen molar-refractivity contribution in [3.8, 4) is 11.5 Å². The van der Waals surface area contributed by atoms with Crippen LogP contribution in [0.5, 0.6) is 11.5 Å². The van der Waals surface area contributed by atoms with Crippen molar-refractivity contribution in [1.82, 2.24) is 10.6 Å². The second kappa shape index (κ2) is 11.7. The number of benzene rings is 3. The maximum atomic E-state index is 12.5. The molecule has 2 amide bonds. The van der Waals surface area contributed by atoms with E-state index < -0.39 is 0 Å². The lowest BCUT2D eigenvalue weighted by molar-refractivity contribution is -0.123. The smallest absolute Gasteiger partial charge is 0.257 e. The van der Waals surface area contributed by atoms with Gasteiger partial charge in [-0.1, -0.05) is 17.7 Å². The molecule has 8 heteroatoms. The summed E-state index contributed by atoms with van der Waals surface area (Å²) in [7, 11) is 0. The van der Waals surface area contributed by atoms with Gasteiger partial charge in [0.2, 0.25) is 0 Å². The normalized spacial score (nSPS) is 10.3. The molecule has 3 aromatic rings. The Balaban J connectivity index is 1.34. The number of amides is 2. The number of halogens is 1. The lowest BCUT2D eigenvalue weighted by Crippen LogP contribution is -2.32. The highest BCUT2D eigenvalue weighted by molar-refractivity contribution is 6.30. The molecule has 3 N–H and O–H groups in total. The standard InChI is InChI=1S/C25H23ClN2O5/c26-20-9-5-17(6-10-20)24(31)18-7-11-22(12-8-18)33-16-23(30)27-13-2-14-28-25(32)19-3-1-4-21(29)15-19/h1,3-12,15,29H,2,13-14,16H2,(H,27,30)(H,28,32). The Labute approximate surface area is 196 Å². The fourth-order valence-electron chi connectivity index (χ4n) is 2.94. The minimum absolute atomic E-state index is 0.0257. The maximum absolute atomic E-state index is 12.5. The largest absolute Gasteiger partial charge is 0.508 e. The Morgan fingerprint density at radius 2 is 1.45 bits per heavy atom. The van der Waals surface area contributed by atoms with Crippen molar-refractivity contribution in [1.29, 1.82) is 0 Å². The second-order valence-electron chi connectivity index (χ2n) is 7.16. The number of rotatable bonds is 10. The van der Waals surface area contributed by atoms with E-state index in [-0.39, 0.29) is 30.0 Å². The molecule has 170 valence electrons. The Bertz CT molecular complexity index is 1110. The lowest BCUT2D eigenvalue weighted by atomic mass is 10.0. The first kappa shape index (κ1) is 23.8. The molecule has 0 aliphatic carbocycles. The first-order chi connectivity index (χ1) is 15.9. The number of carbonyl (C=O) groups excluding carboxylic acids is 3. The van der Waals surface area contributed by atoms with Crippen molar-refractivity contribution < 1.29 is 24.2 Å². The van der Waals surface area contributed by atoms with Crippen molar-refractivity contribution in [2.24, 2.45) is 0 Å². The van der Waals surface area contributed by atoms with Crippen LogP contribution in [0.1, 0.15) is 32.7 Å². The van der Waals surface area contributed by atoms with Gasteiger partial charge < -0.3 is 20.5 Å². The topological polar surface area (TPSA) is 105 Å². The van der Waals surface area contributed by atoms with Crippen LogP contribution in [0.3, 0.4) is 0 Å². The number of nitrogens with one attached hydrogen (secondary N) is 2. The zero-order valence-electron chi connectivity index (χ0n) is 17.7. The van der Waals surface area contributed by atoms with Gasteiger partial charge in [0.05, 0.1) is 0 Å². The maximum Gasteiger partial charge on any atom is 0.257 e. The van der Waals surface area contributed by atoms with Gasteiger partial charge in [-0.15, -0.1) is 0 Å². The second-order valence-corrected chi connectivity index (χ2v) is 7.60. The molecule has 0 spiro atoms. The van der Waals surface area contributed by atoms with E-state index in [0.29, 0.717) is 47.0 Å². The molecule has 33 heavy (non-hydrogen) atoms. The van der Waals surface area contributed by atoms with Gasteiger partial charge in [-0.2, -0.15) is 0 Å². The summed E-state index contributed by atoms with van der Waals surface area (Å²) in [6.07, 6.45) is 0.539. The summed E-state index contributed by atoms with van der Waals surface area (Å²) < 4.78 is 5.45. The molecule has 0 heterocycles. The lowest BCUT2D eigenvalue weighted by Gasteiger charge is -2.09. The molecule has 0 aliphatic heterocycles. The van der Waals surface area contributed by atoms with E-state index in [4.69, 9.17) is 16.3 Å². The van der Waals surface area contributed by atoms with Crippen LogP contribution >= 0.6 is 11.6 Å². The summed E-state index contributed by atoms with van der Waals surface area (Å²) in [5, 5.41) is 15.4. The molecule has 7 nitrogen and oxygen atoms in total. The van der Waals surface area contributed by atoms with Crippen LogP contribution in [-0.2, 0) is 4.79 Å². The molecule has 0 fully saturated rings. The van der Waals surface area contributed by atoms with Gasteiger partial charge in [0.15, 0.2) is 12.4 Å². The monoisotopic (exact) mass is 466 g/mol. The highest BCUT2D eigenvalue weighted by Gasteiger charge is 2.10. The van der Waals surface area contributed by atoms with E-state index in [9.17, 15) is 19.5 Å².